The molecule has 9 heteroatoms. The van der Waals surface area contributed by atoms with Crippen molar-refractivity contribution >= 4 is 5.69 Å². The first-order valence-corrected chi connectivity index (χ1v) is 11.5. The van der Waals surface area contributed by atoms with Crippen LogP contribution >= 0.6 is 0 Å². The van der Waals surface area contributed by atoms with Gasteiger partial charge in [-0.2, -0.15) is 26.3 Å². The van der Waals surface area contributed by atoms with Gasteiger partial charge in [-0.25, -0.2) is 0 Å². The summed E-state index contributed by atoms with van der Waals surface area (Å²) >= 11 is 0. The van der Waals surface area contributed by atoms with Gasteiger partial charge in [-0.1, -0.05) is 0 Å². The van der Waals surface area contributed by atoms with Crippen LogP contribution in [0.15, 0.2) is 18.2 Å². The highest BCUT2D eigenvalue weighted by Crippen LogP contribution is 2.42. The summed E-state index contributed by atoms with van der Waals surface area (Å²) < 4.78 is 78.6. The number of likely N-dealkylation sites (tertiary alicyclic amines) is 2. The minimum atomic E-state index is -4.39. The first kappa shape index (κ1) is 23.7. The third kappa shape index (κ3) is 5.90. The van der Waals surface area contributed by atoms with Gasteiger partial charge in [0.2, 0.25) is 0 Å². The lowest BCUT2D eigenvalue weighted by atomic mass is 9.78. The van der Waals surface area contributed by atoms with Crippen LogP contribution < -0.4 is 4.90 Å². The predicted molar refractivity (Wildman–Crippen MR) is 112 cm³/mol. The third-order valence-corrected chi connectivity index (χ3v) is 7.27. The molecule has 0 bridgehead atoms. The molecule has 0 amide bonds. The lowest BCUT2D eigenvalue weighted by Crippen LogP contribution is -2.45. The Labute approximate surface area is 185 Å². The van der Waals surface area contributed by atoms with Gasteiger partial charge in [-0.3, -0.25) is 9.80 Å². The van der Waals surface area contributed by atoms with Gasteiger partial charge < -0.3 is 4.90 Å². The lowest BCUT2D eigenvalue weighted by molar-refractivity contribution is -0.150. The summed E-state index contributed by atoms with van der Waals surface area (Å²) in [5.41, 5.74) is 0.681. The number of benzene rings is 1. The molecule has 0 N–H and O–H groups in total. The molecule has 3 nitrogen and oxygen atoms in total. The van der Waals surface area contributed by atoms with E-state index in [9.17, 15) is 26.3 Å². The number of hydrogen-bond acceptors (Lipinski definition) is 3. The first-order valence-electron chi connectivity index (χ1n) is 11.5. The maximum absolute atomic E-state index is 13.6. The van der Waals surface area contributed by atoms with Gasteiger partial charge in [0, 0.05) is 31.9 Å². The highest BCUT2D eigenvalue weighted by Gasteiger charge is 2.42. The van der Waals surface area contributed by atoms with Gasteiger partial charge in [0.05, 0.1) is 12.1 Å². The fourth-order valence-electron chi connectivity index (χ4n) is 5.53. The Kier molecular flexibility index (Phi) is 6.69. The molecule has 3 saturated heterocycles. The molecule has 180 valence electrons. The Hall–Kier alpha value is -1.48. The van der Waals surface area contributed by atoms with Crippen molar-refractivity contribution in [3.8, 4) is 0 Å². The van der Waals surface area contributed by atoms with E-state index in [1.54, 1.807) is 0 Å². The van der Waals surface area contributed by atoms with E-state index in [1.165, 1.54) is 17.0 Å². The average molecular weight is 464 g/mol. The molecule has 4 rings (SSSR count). The lowest BCUT2D eigenvalue weighted by Gasteiger charge is -2.39. The van der Waals surface area contributed by atoms with Crippen molar-refractivity contribution in [2.75, 3.05) is 50.7 Å². The summed E-state index contributed by atoms with van der Waals surface area (Å²) in [5.74, 6) is 0. The Bertz CT molecular complexity index is 777. The molecule has 0 unspecified atom stereocenters. The van der Waals surface area contributed by atoms with Gasteiger partial charge in [0.15, 0.2) is 0 Å². The Morgan fingerprint density at radius 3 is 1.97 bits per heavy atom. The fraction of sp³-hybridized carbons (Fsp3) is 0.739. The zero-order valence-corrected chi connectivity index (χ0v) is 18.2. The van der Waals surface area contributed by atoms with E-state index in [2.05, 4.69) is 4.90 Å². The molecule has 3 heterocycles. The second-order valence-corrected chi connectivity index (χ2v) is 9.79. The highest BCUT2D eigenvalue weighted by molar-refractivity contribution is 5.52. The van der Waals surface area contributed by atoms with Crippen molar-refractivity contribution in [1.82, 2.24) is 9.80 Å². The second kappa shape index (κ2) is 9.05. The number of alkyl halides is 6. The van der Waals surface area contributed by atoms with Crippen molar-refractivity contribution in [2.45, 2.75) is 57.4 Å². The number of anilines is 1. The van der Waals surface area contributed by atoms with Crippen molar-refractivity contribution < 1.29 is 26.3 Å². The van der Waals surface area contributed by atoms with E-state index >= 15 is 0 Å². The number of hydrogen-bond donors (Lipinski definition) is 0. The molecule has 1 aromatic carbocycles. The zero-order valence-electron chi connectivity index (χ0n) is 18.2. The van der Waals surface area contributed by atoms with E-state index < -0.39 is 24.5 Å². The minimum absolute atomic E-state index is 0.0144. The van der Waals surface area contributed by atoms with E-state index in [1.807, 2.05) is 11.0 Å². The minimum Gasteiger partial charge on any atom is -0.372 e. The molecular weight excluding hydrogens is 432 g/mol. The molecule has 3 aliphatic rings. The van der Waals surface area contributed by atoms with Crippen LogP contribution in [-0.2, 0) is 12.7 Å². The van der Waals surface area contributed by atoms with Crippen LogP contribution in [0, 0.1) is 5.41 Å². The molecule has 0 aliphatic carbocycles. The smallest absolute Gasteiger partial charge is 0.372 e. The molecule has 0 aromatic heterocycles. The Morgan fingerprint density at radius 1 is 0.750 bits per heavy atom. The number of piperidine rings is 2. The third-order valence-electron chi connectivity index (χ3n) is 7.27. The SMILES string of the molecule is FC(F)(F)CN1CCC2(CC1)CCN(Cc1cc(N3CCCCC3)cc(C(F)(F)F)c1)C2. The van der Waals surface area contributed by atoms with Crippen molar-refractivity contribution in [3.63, 3.8) is 0 Å². The van der Waals surface area contributed by atoms with Crippen LogP contribution in [0.25, 0.3) is 0 Å². The predicted octanol–water partition coefficient (Wildman–Crippen LogP) is 5.55. The van der Waals surface area contributed by atoms with E-state index in [0.29, 0.717) is 43.7 Å². The van der Waals surface area contributed by atoms with Gasteiger partial charge in [-0.15, -0.1) is 0 Å². The maximum Gasteiger partial charge on any atom is 0.416 e. The quantitative estimate of drug-likeness (QED) is 0.543. The molecule has 1 spiro atoms. The van der Waals surface area contributed by atoms with Crippen molar-refractivity contribution in [1.29, 1.82) is 0 Å². The van der Waals surface area contributed by atoms with Crippen LogP contribution in [0.4, 0.5) is 32.0 Å². The van der Waals surface area contributed by atoms with Crippen molar-refractivity contribution in [2.24, 2.45) is 5.41 Å². The van der Waals surface area contributed by atoms with E-state index in [-0.39, 0.29) is 5.41 Å². The van der Waals surface area contributed by atoms with Gasteiger partial charge >= 0.3 is 12.4 Å². The summed E-state index contributed by atoms with van der Waals surface area (Å²) in [6.45, 7) is 3.50. The molecule has 0 atom stereocenters. The number of rotatable bonds is 4. The van der Waals surface area contributed by atoms with Crippen LogP contribution in [0.2, 0.25) is 0 Å². The number of nitrogens with zero attached hydrogens (tertiary/aromatic N) is 3. The normalized spacial score (nSPS) is 23.2. The molecule has 3 aliphatic heterocycles. The molecular formula is C23H31F6N3. The standard InChI is InChI=1S/C23H31F6N3/c24-22(25,26)17-30-9-4-21(5-10-30)6-11-31(16-21)15-18-12-19(23(27,28)29)14-20(13-18)32-7-2-1-3-8-32/h12-14H,1-11,15-17H2. The summed E-state index contributed by atoms with van der Waals surface area (Å²) in [4.78, 5) is 5.69. The van der Waals surface area contributed by atoms with E-state index in [0.717, 1.165) is 51.9 Å². The van der Waals surface area contributed by atoms with Gasteiger partial charge in [-0.05, 0) is 87.3 Å². The van der Waals surface area contributed by atoms with Gasteiger partial charge in [0.25, 0.3) is 0 Å². The topological polar surface area (TPSA) is 9.72 Å². The molecule has 3 fully saturated rings. The van der Waals surface area contributed by atoms with Crippen LogP contribution in [0.3, 0.4) is 0 Å². The van der Waals surface area contributed by atoms with Crippen LogP contribution in [0.5, 0.6) is 0 Å². The highest BCUT2D eigenvalue weighted by atomic mass is 19.4. The first-order chi connectivity index (χ1) is 15.0. The molecule has 0 radical (unpaired) electrons. The summed E-state index contributed by atoms with van der Waals surface area (Å²) in [6.07, 6.45) is -3.16. The van der Waals surface area contributed by atoms with Crippen LogP contribution in [-0.4, -0.2) is 61.8 Å². The zero-order chi connectivity index (χ0) is 23.0. The summed E-state index contributed by atoms with van der Waals surface area (Å²) in [7, 11) is 0. The molecule has 1 aromatic rings. The number of halogens is 6. The van der Waals surface area contributed by atoms with Crippen LogP contribution in [0.1, 0.15) is 49.7 Å². The molecule has 32 heavy (non-hydrogen) atoms. The second-order valence-electron chi connectivity index (χ2n) is 9.79. The molecule has 0 saturated carbocycles. The summed E-state index contributed by atoms with van der Waals surface area (Å²) in [6, 6.07) is 4.40. The average Bonchev–Trinajstić information content (AvgIpc) is 3.11. The monoisotopic (exact) mass is 463 g/mol. The van der Waals surface area contributed by atoms with Gasteiger partial charge in [0.1, 0.15) is 0 Å². The Balaban J connectivity index is 1.42. The van der Waals surface area contributed by atoms with Crippen molar-refractivity contribution in [3.05, 3.63) is 29.3 Å². The Morgan fingerprint density at radius 2 is 1.38 bits per heavy atom. The maximum atomic E-state index is 13.6. The fourth-order valence-corrected chi connectivity index (χ4v) is 5.53. The van der Waals surface area contributed by atoms with E-state index in [4.69, 9.17) is 0 Å². The summed E-state index contributed by atoms with van der Waals surface area (Å²) in [5, 5.41) is 0. The largest absolute Gasteiger partial charge is 0.416 e.